The molecule has 0 aliphatic heterocycles. The smallest absolute Gasteiger partial charge is 0.227 e. The van der Waals surface area contributed by atoms with Crippen molar-refractivity contribution in [1.29, 1.82) is 0 Å². The second-order valence-corrected chi connectivity index (χ2v) is 9.23. The van der Waals surface area contributed by atoms with E-state index in [0.29, 0.717) is 37.6 Å². The molecular formula is C20H19N3O2S3. The Hall–Kier alpha value is -2.29. The van der Waals surface area contributed by atoms with E-state index in [1.807, 2.05) is 39.9 Å². The molecule has 4 heterocycles. The van der Waals surface area contributed by atoms with E-state index in [-0.39, 0.29) is 5.91 Å². The number of hydrogen-bond acceptors (Lipinski definition) is 7. The highest BCUT2D eigenvalue weighted by molar-refractivity contribution is 7.13. The van der Waals surface area contributed by atoms with Gasteiger partial charge in [-0.1, -0.05) is 23.4 Å². The first-order chi connectivity index (χ1) is 13.8. The van der Waals surface area contributed by atoms with Gasteiger partial charge in [-0.3, -0.25) is 4.79 Å². The number of thiophene rings is 3. The number of amides is 1. The first kappa shape index (κ1) is 19.0. The number of hydrogen-bond donors (Lipinski definition) is 0. The lowest BCUT2D eigenvalue weighted by Crippen LogP contribution is -2.32. The summed E-state index contributed by atoms with van der Waals surface area (Å²) in [6.45, 7) is 1.35. The average Bonchev–Trinajstić information content (AvgIpc) is 3.50. The predicted molar refractivity (Wildman–Crippen MR) is 114 cm³/mol. The Bertz CT molecular complexity index is 976. The standard InChI is InChI=1S/C20H19N3O2S3/c24-19(8-7-18-21-20(22-25-18)17-6-3-13-28-17)23(14-16-5-2-12-27-16)10-9-15-4-1-11-26-15/h1-6,11-13H,7-10,14H2. The summed E-state index contributed by atoms with van der Waals surface area (Å²) in [7, 11) is 0. The highest BCUT2D eigenvalue weighted by Gasteiger charge is 2.17. The van der Waals surface area contributed by atoms with E-state index in [2.05, 4.69) is 27.7 Å². The SMILES string of the molecule is O=C(CCc1nc(-c2cccs2)no1)N(CCc1cccs1)Cc1cccs1. The molecule has 28 heavy (non-hydrogen) atoms. The van der Waals surface area contributed by atoms with Crippen LogP contribution in [0.5, 0.6) is 0 Å². The quantitative estimate of drug-likeness (QED) is 0.370. The molecule has 0 aliphatic carbocycles. The molecule has 0 radical (unpaired) electrons. The van der Waals surface area contributed by atoms with Crippen LogP contribution < -0.4 is 0 Å². The van der Waals surface area contributed by atoms with Gasteiger partial charge >= 0.3 is 0 Å². The normalized spacial score (nSPS) is 11.0. The van der Waals surface area contributed by atoms with Crippen LogP contribution in [0.25, 0.3) is 10.7 Å². The molecule has 4 rings (SSSR count). The molecule has 0 aromatic carbocycles. The third-order valence-electron chi connectivity index (χ3n) is 4.25. The van der Waals surface area contributed by atoms with Crippen LogP contribution in [0.2, 0.25) is 0 Å². The van der Waals surface area contributed by atoms with E-state index in [0.717, 1.165) is 11.3 Å². The van der Waals surface area contributed by atoms with E-state index < -0.39 is 0 Å². The maximum absolute atomic E-state index is 12.9. The third kappa shape index (κ3) is 4.95. The molecule has 8 heteroatoms. The van der Waals surface area contributed by atoms with Gasteiger partial charge in [0.05, 0.1) is 11.4 Å². The van der Waals surface area contributed by atoms with Crippen molar-refractivity contribution in [3.8, 4) is 10.7 Å². The van der Waals surface area contributed by atoms with Crippen LogP contribution in [-0.2, 0) is 24.2 Å². The number of aryl methyl sites for hydroxylation is 1. The Balaban J connectivity index is 1.37. The zero-order valence-electron chi connectivity index (χ0n) is 15.1. The van der Waals surface area contributed by atoms with Gasteiger partial charge < -0.3 is 9.42 Å². The van der Waals surface area contributed by atoms with Crippen molar-refractivity contribution in [3.63, 3.8) is 0 Å². The molecule has 0 bridgehead atoms. The van der Waals surface area contributed by atoms with Crippen molar-refractivity contribution >= 4 is 39.9 Å². The summed E-state index contributed by atoms with van der Waals surface area (Å²) in [5.74, 6) is 1.21. The lowest BCUT2D eigenvalue weighted by atomic mass is 10.2. The van der Waals surface area contributed by atoms with Gasteiger partial charge in [0.25, 0.3) is 0 Å². The summed E-state index contributed by atoms with van der Waals surface area (Å²) in [5.41, 5.74) is 0. The number of aromatic nitrogens is 2. The number of rotatable bonds is 9. The van der Waals surface area contributed by atoms with Crippen LogP contribution in [0.15, 0.2) is 57.1 Å². The maximum atomic E-state index is 12.9. The van der Waals surface area contributed by atoms with Crippen LogP contribution in [0, 0.1) is 0 Å². The molecule has 0 saturated heterocycles. The van der Waals surface area contributed by atoms with Gasteiger partial charge in [0.2, 0.25) is 17.6 Å². The molecule has 1 amide bonds. The zero-order chi connectivity index (χ0) is 19.2. The molecule has 0 aliphatic rings. The summed E-state index contributed by atoms with van der Waals surface area (Å²) >= 11 is 4.97. The van der Waals surface area contributed by atoms with Crippen molar-refractivity contribution in [2.24, 2.45) is 0 Å². The second kappa shape index (κ2) is 9.27. The zero-order valence-corrected chi connectivity index (χ0v) is 17.6. The number of carbonyl (C=O) groups excluding carboxylic acids is 1. The molecule has 0 N–H and O–H groups in total. The van der Waals surface area contributed by atoms with Crippen molar-refractivity contribution in [2.45, 2.75) is 25.8 Å². The highest BCUT2D eigenvalue weighted by Crippen LogP contribution is 2.22. The summed E-state index contributed by atoms with van der Waals surface area (Å²) in [6, 6.07) is 12.2. The van der Waals surface area contributed by atoms with E-state index in [1.165, 1.54) is 9.75 Å². The molecule has 0 atom stereocenters. The molecule has 144 valence electrons. The van der Waals surface area contributed by atoms with Crippen molar-refractivity contribution in [1.82, 2.24) is 15.0 Å². The topological polar surface area (TPSA) is 59.2 Å². The number of carbonyl (C=O) groups is 1. The van der Waals surface area contributed by atoms with E-state index in [1.54, 1.807) is 34.0 Å². The minimum atomic E-state index is 0.112. The van der Waals surface area contributed by atoms with Crippen molar-refractivity contribution in [2.75, 3.05) is 6.54 Å². The van der Waals surface area contributed by atoms with Gasteiger partial charge in [0, 0.05) is 29.1 Å². The van der Waals surface area contributed by atoms with Gasteiger partial charge in [-0.25, -0.2) is 0 Å². The predicted octanol–water partition coefficient (Wildman–Crippen LogP) is 5.13. The van der Waals surface area contributed by atoms with Crippen LogP contribution in [0.3, 0.4) is 0 Å². The molecule has 0 saturated carbocycles. The van der Waals surface area contributed by atoms with Gasteiger partial charge in [-0.2, -0.15) is 4.98 Å². The van der Waals surface area contributed by atoms with Crippen molar-refractivity contribution < 1.29 is 9.32 Å². The van der Waals surface area contributed by atoms with E-state index in [9.17, 15) is 4.79 Å². The summed E-state index contributed by atoms with van der Waals surface area (Å²) in [4.78, 5) is 22.7. The first-order valence-corrected chi connectivity index (χ1v) is 11.6. The number of nitrogens with zero attached hydrogens (tertiary/aromatic N) is 3. The van der Waals surface area contributed by atoms with Gasteiger partial charge in [-0.05, 0) is 40.8 Å². The summed E-state index contributed by atoms with van der Waals surface area (Å²) in [6.07, 6.45) is 1.69. The van der Waals surface area contributed by atoms with E-state index >= 15 is 0 Å². The Kier molecular flexibility index (Phi) is 6.31. The molecule has 4 aromatic rings. The van der Waals surface area contributed by atoms with Gasteiger partial charge in [0.15, 0.2) is 0 Å². The highest BCUT2D eigenvalue weighted by atomic mass is 32.1. The molecule has 0 spiro atoms. The monoisotopic (exact) mass is 429 g/mol. The largest absolute Gasteiger partial charge is 0.339 e. The average molecular weight is 430 g/mol. The van der Waals surface area contributed by atoms with Crippen LogP contribution in [0.1, 0.15) is 22.1 Å². The first-order valence-electron chi connectivity index (χ1n) is 8.97. The summed E-state index contributed by atoms with van der Waals surface area (Å²) < 4.78 is 5.32. The molecule has 0 unspecified atom stereocenters. The molecular weight excluding hydrogens is 410 g/mol. The van der Waals surface area contributed by atoms with Gasteiger partial charge in [-0.15, -0.1) is 34.0 Å². The molecule has 0 fully saturated rings. The summed E-state index contributed by atoms with van der Waals surface area (Å²) in [5, 5.41) is 10.1. The Labute approximate surface area is 175 Å². The second-order valence-electron chi connectivity index (χ2n) is 6.21. The third-order valence-corrected chi connectivity index (χ3v) is 6.91. The van der Waals surface area contributed by atoms with Crippen molar-refractivity contribution in [3.05, 3.63) is 68.2 Å². The fourth-order valence-electron chi connectivity index (χ4n) is 2.82. The lowest BCUT2D eigenvalue weighted by Gasteiger charge is -2.21. The van der Waals surface area contributed by atoms with Gasteiger partial charge in [0.1, 0.15) is 0 Å². The maximum Gasteiger partial charge on any atom is 0.227 e. The minimum Gasteiger partial charge on any atom is -0.339 e. The Morgan fingerprint density at radius 1 is 0.964 bits per heavy atom. The molecule has 5 nitrogen and oxygen atoms in total. The Morgan fingerprint density at radius 3 is 2.43 bits per heavy atom. The Morgan fingerprint density at radius 2 is 1.71 bits per heavy atom. The fraction of sp³-hybridized carbons (Fsp3) is 0.250. The van der Waals surface area contributed by atoms with Crippen LogP contribution >= 0.6 is 34.0 Å². The van der Waals surface area contributed by atoms with Crippen LogP contribution in [-0.4, -0.2) is 27.5 Å². The fourth-order valence-corrected chi connectivity index (χ4v) is 4.88. The van der Waals surface area contributed by atoms with Crippen LogP contribution in [0.4, 0.5) is 0 Å². The van der Waals surface area contributed by atoms with E-state index in [4.69, 9.17) is 4.52 Å². The molecule has 4 aromatic heterocycles. The minimum absolute atomic E-state index is 0.112. The lowest BCUT2D eigenvalue weighted by molar-refractivity contribution is -0.131.